The van der Waals surface area contributed by atoms with E-state index in [2.05, 4.69) is 40.5 Å². The third-order valence-corrected chi connectivity index (χ3v) is 5.35. The lowest BCUT2D eigenvalue weighted by molar-refractivity contribution is 0.0342. The normalized spacial score (nSPS) is 16.0. The smallest absolute Gasteiger partial charge is 0.251 e. The van der Waals surface area contributed by atoms with Crippen molar-refractivity contribution in [2.75, 3.05) is 26.3 Å². The summed E-state index contributed by atoms with van der Waals surface area (Å²) in [5.74, 6) is -0.0430. The van der Waals surface area contributed by atoms with Gasteiger partial charge in [-0.2, -0.15) is 0 Å². The molecule has 4 heteroatoms. The summed E-state index contributed by atoms with van der Waals surface area (Å²) in [7, 11) is 0. The minimum atomic E-state index is -0.0508. The van der Waals surface area contributed by atoms with Gasteiger partial charge >= 0.3 is 0 Å². The summed E-state index contributed by atoms with van der Waals surface area (Å²) in [6, 6.07) is 22.5. The van der Waals surface area contributed by atoms with Gasteiger partial charge in [0.05, 0.1) is 19.3 Å². The first-order valence-corrected chi connectivity index (χ1v) is 9.88. The Morgan fingerprint density at radius 2 is 1.71 bits per heavy atom. The number of hydrogen-bond donors (Lipinski definition) is 1. The molecule has 1 heterocycles. The van der Waals surface area contributed by atoms with Crippen LogP contribution in [-0.2, 0) is 11.3 Å². The number of nitrogens with zero attached hydrogens (tertiary/aromatic N) is 1. The molecule has 0 bridgehead atoms. The van der Waals surface area contributed by atoms with Crippen LogP contribution in [0.3, 0.4) is 0 Å². The van der Waals surface area contributed by atoms with Gasteiger partial charge in [-0.1, -0.05) is 48.5 Å². The van der Waals surface area contributed by atoms with Crippen LogP contribution in [-0.4, -0.2) is 37.1 Å². The van der Waals surface area contributed by atoms with Gasteiger partial charge in [-0.25, -0.2) is 0 Å². The SMILES string of the molecule is CC(NC(=O)c1ccc(CN2CCOCC2)cc1)c1ccc2ccccc2c1. The van der Waals surface area contributed by atoms with Crippen LogP contribution in [0.4, 0.5) is 0 Å². The van der Waals surface area contributed by atoms with Gasteiger partial charge in [0.2, 0.25) is 0 Å². The highest BCUT2D eigenvalue weighted by Gasteiger charge is 2.13. The molecule has 0 saturated carbocycles. The van der Waals surface area contributed by atoms with E-state index in [1.165, 1.54) is 16.3 Å². The van der Waals surface area contributed by atoms with Gasteiger partial charge in [0.25, 0.3) is 5.91 Å². The van der Waals surface area contributed by atoms with Crippen LogP contribution in [0.2, 0.25) is 0 Å². The van der Waals surface area contributed by atoms with Crippen LogP contribution in [0.1, 0.15) is 34.5 Å². The predicted molar refractivity (Wildman–Crippen MR) is 112 cm³/mol. The van der Waals surface area contributed by atoms with E-state index in [0.29, 0.717) is 5.56 Å². The summed E-state index contributed by atoms with van der Waals surface area (Å²) in [5.41, 5.74) is 3.02. The first kappa shape index (κ1) is 18.7. The van der Waals surface area contributed by atoms with Crippen LogP contribution in [0.5, 0.6) is 0 Å². The van der Waals surface area contributed by atoms with Crippen LogP contribution in [0.25, 0.3) is 10.8 Å². The van der Waals surface area contributed by atoms with E-state index in [9.17, 15) is 4.79 Å². The molecule has 1 fully saturated rings. The molecule has 1 N–H and O–H groups in total. The van der Waals surface area contributed by atoms with Gasteiger partial charge in [-0.3, -0.25) is 9.69 Å². The molecule has 1 aliphatic rings. The molecule has 1 unspecified atom stereocenters. The van der Waals surface area contributed by atoms with E-state index >= 15 is 0 Å². The molecule has 0 radical (unpaired) electrons. The summed E-state index contributed by atoms with van der Waals surface area (Å²) >= 11 is 0. The fraction of sp³-hybridized carbons (Fsp3) is 0.292. The molecular formula is C24H26N2O2. The van der Waals surface area contributed by atoms with Gasteiger partial charge in [0, 0.05) is 25.2 Å². The lowest BCUT2D eigenvalue weighted by Crippen LogP contribution is -2.35. The molecule has 28 heavy (non-hydrogen) atoms. The van der Waals surface area contributed by atoms with Crippen LogP contribution >= 0.6 is 0 Å². The number of hydrogen-bond acceptors (Lipinski definition) is 3. The van der Waals surface area contributed by atoms with Gasteiger partial charge in [0.1, 0.15) is 0 Å². The van der Waals surface area contributed by atoms with Crippen molar-refractivity contribution in [3.8, 4) is 0 Å². The van der Waals surface area contributed by atoms with Crippen molar-refractivity contribution < 1.29 is 9.53 Å². The molecule has 4 nitrogen and oxygen atoms in total. The van der Waals surface area contributed by atoms with Crippen molar-refractivity contribution in [2.45, 2.75) is 19.5 Å². The first-order valence-electron chi connectivity index (χ1n) is 9.88. The van der Waals surface area contributed by atoms with Gasteiger partial charge < -0.3 is 10.1 Å². The van der Waals surface area contributed by atoms with E-state index in [1.54, 1.807) is 0 Å². The zero-order valence-corrected chi connectivity index (χ0v) is 16.2. The average molecular weight is 374 g/mol. The van der Waals surface area contributed by atoms with Crippen molar-refractivity contribution in [1.29, 1.82) is 0 Å². The van der Waals surface area contributed by atoms with Crippen molar-refractivity contribution in [3.05, 3.63) is 83.4 Å². The summed E-state index contributed by atoms with van der Waals surface area (Å²) in [5, 5.41) is 5.51. The Kier molecular flexibility index (Phi) is 5.70. The van der Waals surface area contributed by atoms with E-state index in [1.807, 2.05) is 43.3 Å². The average Bonchev–Trinajstić information content (AvgIpc) is 2.74. The number of rotatable bonds is 5. The Hall–Kier alpha value is -2.69. The number of carbonyl (C=O) groups excluding carboxylic acids is 1. The summed E-state index contributed by atoms with van der Waals surface area (Å²) < 4.78 is 5.39. The molecule has 144 valence electrons. The Morgan fingerprint density at radius 3 is 2.46 bits per heavy atom. The van der Waals surface area contributed by atoms with E-state index < -0.39 is 0 Å². The second kappa shape index (κ2) is 8.55. The predicted octanol–water partition coefficient (Wildman–Crippen LogP) is 4.16. The van der Waals surface area contributed by atoms with E-state index in [4.69, 9.17) is 4.74 Å². The van der Waals surface area contributed by atoms with Crippen molar-refractivity contribution in [1.82, 2.24) is 10.2 Å². The quantitative estimate of drug-likeness (QED) is 0.729. The minimum Gasteiger partial charge on any atom is -0.379 e. The fourth-order valence-corrected chi connectivity index (χ4v) is 3.62. The number of carbonyl (C=O) groups is 1. The number of amides is 1. The fourth-order valence-electron chi connectivity index (χ4n) is 3.62. The number of morpholine rings is 1. The molecule has 4 rings (SSSR count). The summed E-state index contributed by atoms with van der Waals surface area (Å²) in [4.78, 5) is 15.0. The number of ether oxygens (including phenoxy) is 1. The number of nitrogens with one attached hydrogen (secondary N) is 1. The van der Waals surface area contributed by atoms with Crippen molar-refractivity contribution in [3.63, 3.8) is 0 Å². The molecule has 1 saturated heterocycles. The summed E-state index contributed by atoms with van der Waals surface area (Å²) in [6.07, 6.45) is 0. The standard InChI is InChI=1S/C24H26N2O2/c1-18(22-11-10-20-4-2-3-5-23(20)16-22)25-24(27)21-8-6-19(7-9-21)17-26-12-14-28-15-13-26/h2-11,16,18H,12-15,17H2,1H3,(H,25,27). The Bertz CT molecular complexity index is 946. The molecule has 1 amide bonds. The maximum atomic E-state index is 12.7. The van der Waals surface area contributed by atoms with Crippen LogP contribution in [0, 0.1) is 0 Å². The minimum absolute atomic E-state index is 0.0430. The molecule has 0 aromatic heterocycles. The maximum Gasteiger partial charge on any atom is 0.251 e. The highest BCUT2D eigenvalue weighted by Crippen LogP contribution is 2.20. The zero-order valence-electron chi connectivity index (χ0n) is 16.2. The monoisotopic (exact) mass is 374 g/mol. The highest BCUT2D eigenvalue weighted by molar-refractivity contribution is 5.94. The number of fused-ring (bicyclic) bond motifs is 1. The van der Waals surface area contributed by atoms with Gasteiger partial charge in [0.15, 0.2) is 0 Å². The van der Waals surface area contributed by atoms with Crippen LogP contribution in [0.15, 0.2) is 66.7 Å². The Morgan fingerprint density at radius 1 is 1.00 bits per heavy atom. The van der Waals surface area contributed by atoms with Crippen molar-refractivity contribution in [2.24, 2.45) is 0 Å². The first-order chi connectivity index (χ1) is 13.7. The molecule has 3 aromatic rings. The molecule has 0 spiro atoms. The Balaban J connectivity index is 1.39. The third kappa shape index (κ3) is 4.41. The van der Waals surface area contributed by atoms with Crippen LogP contribution < -0.4 is 5.32 Å². The molecule has 3 aromatic carbocycles. The zero-order chi connectivity index (χ0) is 19.3. The largest absolute Gasteiger partial charge is 0.379 e. The lowest BCUT2D eigenvalue weighted by Gasteiger charge is -2.26. The van der Waals surface area contributed by atoms with Crippen molar-refractivity contribution >= 4 is 16.7 Å². The second-order valence-electron chi connectivity index (χ2n) is 7.39. The van der Waals surface area contributed by atoms with E-state index in [-0.39, 0.29) is 11.9 Å². The maximum absolute atomic E-state index is 12.7. The highest BCUT2D eigenvalue weighted by atomic mass is 16.5. The number of benzene rings is 3. The van der Waals surface area contributed by atoms with Gasteiger partial charge in [-0.15, -0.1) is 0 Å². The lowest BCUT2D eigenvalue weighted by atomic mass is 10.0. The topological polar surface area (TPSA) is 41.6 Å². The molecule has 1 atom stereocenters. The Labute approximate surface area is 166 Å². The third-order valence-electron chi connectivity index (χ3n) is 5.35. The second-order valence-corrected chi connectivity index (χ2v) is 7.39. The molecule has 0 aliphatic carbocycles. The molecule has 1 aliphatic heterocycles. The molecular weight excluding hydrogens is 348 g/mol. The summed E-state index contributed by atoms with van der Waals surface area (Å²) in [6.45, 7) is 6.45. The van der Waals surface area contributed by atoms with E-state index in [0.717, 1.165) is 38.4 Å². The van der Waals surface area contributed by atoms with Gasteiger partial charge in [-0.05, 0) is 47.0 Å².